The molecule has 0 N–H and O–H groups in total. The van der Waals surface area contributed by atoms with Crippen LogP contribution in [-0.2, 0) is 11.3 Å². The van der Waals surface area contributed by atoms with Crippen molar-refractivity contribution in [2.45, 2.75) is 13.0 Å². The Morgan fingerprint density at radius 3 is 2.70 bits per heavy atom. The third-order valence-corrected chi connectivity index (χ3v) is 4.82. The van der Waals surface area contributed by atoms with Gasteiger partial charge in [0, 0.05) is 25.4 Å². The molecule has 3 aromatic rings. The van der Waals surface area contributed by atoms with Gasteiger partial charge in [-0.05, 0) is 33.6 Å². The molecule has 27 heavy (non-hydrogen) atoms. The number of aromatic nitrogens is 3. The Morgan fingerprint density at radius 2 is 1.96 bits per heavy atom. The fourth-order valence-electron chi connectivity index (χ4n) is 3.01. The van der Waals surface area contributed by atoms with Gasteiger partial charge in [-0.15, -0.1) is 0 Å². The minimum absolute atomic E-state index is 0.195. The number of ether oxygens (including phenoxy) is 1. The molecule has 0 saturated carbocycles. The van der Waals surface area contributed by atoms with Crippen LogP contribution in [0.2, 0.25) is 0 Å². The van der Waals surface area contributed by atoms with Crippen LogP contribution in [0.3, 0.4) is 0 Å². The van der Waals surface area contributed by atoms with Crippen LogP contribution in [0.25, 0.3) is 5.65 Å². The lowest BCUT2D eigenvalue weighted by atomic mass is 10.1. The Kier molecular flexibility index (Phi) is 4.53. The highest BCUT2D eigenvalue weighted by Crippen LogP contribution is 2.26. The Morgan fingerprint density at radius 1 is 1.19 bits per heavy atom. The first-order valence-electron chi connectivity index (χ1n) is 8.30. The van der Waals surface area contributed by atoms with Crippen molar-refractivity contribution in [3.05, 3.63) is 52.9 Å². The van der Waals surface area contributed by atoms with Crippen LogP contribution in [0.15, 0.2) is 47.3 Å². The highest BCUT2D eigenvalue weighted by molar-refractivity contribution is 9.10. The molecule has 3 heterocycles. The van der Waals surface area contributed by atoms with Gasteiger partial charge in [-0.25, -0.2) is 14.3 Å². The topological polar surface area (TPSA) is 80.0 Å². The molecule has 4 rings (SSSR count). The number of benzene rings is 1. The number of urea groups is 1. The summed E-state index contributed by atoms with van der Waals surface area (Å²) in [5, 5.41) is 4.25. The molecule has 8 nitrogen and oxygen atoms in total. The minimum Gasteiger partial charge on any atom is -0.497 e. The number of rotatable bonds is 4. The van der Waals surface area contributed by atoms with Gasteiger partial charge >= 0.3 is 6.03 Å². The number of amides is 3. The van der Waals surface area contributed by atoms with Gasteiger partial charge in [0.15, 0.2) is 5.65 Å². The summed E-state index contributed by atoms with van der Waals surface area (Å²) in [6.07, 6.45) is 5.25. The first kappa shape index (κ1) is 17.5. The van der Waals surface area contributed by atoms with E-state index in [9.17, 15) is 9.59 Å². The Labute approximate surface area is 163 Å². The average Bonchev–Trinajstić information content (AvgIpc) is 3.08. The van der Waals surface area contributed by atoms with Crippen LogP contribution >= 0.6 is 15.9 Å². The third kappa shape index (κ3) is 3.25. The monoisotopic (exact) mass is 429 g/mol. The second-order valence-corrected chi connectivity index (χ2v) is 7.00. The molecule has 0 spiro atoms. The molecule has 0 bridgehead atoms. The maximum atomic E-state index is 13.0. The predicted octanol–water partition coefficient (Wildman–Crippen LogP) is 2.86. The number of hydrogen-bond acceptors (Lipinski definition) is 5. The number of anilines is 1. The normalized spacial score (nSPS) is 14.9. The van der Waals surface area contributed by atoms with Gasteiger partial charge in [0.2, 0.25) is 5.91 Å². The van der Waals surface area contributed by atoms with E-state index in [2.05, 4.69) is 26.0 Å². The molecule has 0 unspecified atom stereocenters. The summed E-state index contributed by atoms with van der Waals surface area (Å²) in [7, 11) is 1.59. The molecule has 1 aliphatic rings. The number of carbonyl (C=O) groups excluding carboxylic acids is 2. The summed E-state index contributed by atoms with van der Waals surface area (Å²) in [5.41, 5.74) is 1.99. The molecule has 1 aliphatic heterocycles. The third-order valence-electron chi connectivity index (χ3n) is 4.41. The van der Waals surface area contributed by atoms with E-state index in [4.69, 9.17) is 4.74 Å². The quantitative estimate of drug-likeness (QED) is 0.636. The number of nitrogens with zero attached hydrogens (tertiary/aromatic N) is 5. The molecule has 0 atom stereocenters. The molecule has 1 fully saturated rings. The Bertz CT molecular complexity index is 1020. The van der Waals surface area contributed by atoms with Gasteiger partial charge in [-0.2, -0.15) is 5.10 Å². The molecule has 1 aromatic carbocycles. The number of imide groups is 1. The van der Waals surface area contributed by atoms with Gasteiger partial charge < -0.3 is 4.74 Å². The molecule has 138 valence electrons. The number of methoxy groups -OCH3 is 1. The predicted molar refractivity (Wildman–Crippen MR) is 102 cm³/mol. The van der Waals surface area contributed by atoms with Crippen LogP contribution in [0.4, 0.5) is 10.5 Å². The van der Waals surface area contributed by atoms with Gasteiger partial charge in [-0.3, -0.25) is 14.6 Å². The maximum absolute atomic E-state index is 13.0. The van der Waals surface area contributed by atoms with Crippen LogP contribution in [0.5, 0.6) is 5.75 Å². The van der Waals surface area contributed by atoms with E-state index in [1.165, 1.54) is 4.90 Å². The Balaban J connectivity index is 1.61. The van der Waals surface area contributed by atoms with Crippen molar-refractivity contribution >= 4 is 39.2 Å². The standard InChI is InChI=1S/C18H16BrN5O3/c1-27-14-4-2-12(3-5-14)10-23-16(25)6-7-22(18(23)26)15-9-21-24-11-13(19)8-20-17(15)24/h2-5,8-9,11H,6-7,10H2,1H3. The van der Waals surface area contributed by atoms with Crippen molar-refractivity contribution in [3.63, 3.8) is 0 Å². The smallest absolute Gasteiger partial charge is 0.331 e. The molecule has 1 saturated heterocycles. The minimum atomic E-state index is -0.373. The largest absolute Gasteiger partial charge is 0.497 e. The zero-order valence-electron chi connectivity index (χ0n) is 14.5. The van der Waals surface area contributed by atoms with Crippen molar-refractivity contribution in [2.24, 2.45) is 0 Å². The highest BCUT2D eigenvalue weighted by Gasteiger charge is 2.34. The van der Waals surface area contributed by atoms with E-state index >= 15 is 0 Å². The number of carbonyl (C=O) groups is 2. The summed E-state index contributed by atoms with van der Waals surface area (Å²) < 4.78 is 7.52. The van der Waals surface area contributed by atoms with Gasteiger partial charge in [0.05, 0.1) is 24.3 Å². The summed E-state index contributed by atoms with van der Waals surface area (Å²) in [6, 6.07) is 6.92. The van der Waals surface area contributed by atoms with Crippen LogP contribution < -0.4 is 9.64 Å². The van der Waals surface area contributed by atoms with Gasteiger partial charge in [0.1, 0.15) is 11.4 Å². The zero-order chi connectivity index (χ0) is 19.0. The van der Waals surface area contributed by atoms with E-state index in [1.807, 2.05) is 12.1 Å². The molecular formula is C18H16BrN5O3. The number of hydrogen-bond donors (Lipinski definition) is 0. The van der Waals surface area contributed by atoms with Crippen LogP contribution in [-0.4, -0.2) is 45.1 Å². The van der Waals surface area contributed by atoms with E-state index in [1.54, 1.807) is 47.2 Å². The zero-order valence-corrected chi connectivity index (χ0v) is 16.1. The Hall–Kier alpha value is -2.94. The van der Waals surface area contributed by atoms with Crippen molar-refractivity contribution in [1.82, 2.24) is 19.5 Å². The summed E-state index contributed by atoms with van der Waals surface area (Å²) in [4.78, 5) is 32.5. The van der Waals surface area contributed by atoms with Crippen molar-refractivity contribution in [2.75, 3.05) is 18.6 Å². The SMILES string of the molecule is COc1ccc(CN2C(=O)CCN(c3cnn4cc(Br)cnc34)C2=O)cc1. The van der Waals surface area contributed by atoms with Crippen LogP contribution in [0.1, 0.15) is 12.0 Å². The van der Waals surface area contributed by atoms with Gasteiger partial charge in [-0.1, -0.05) is 12.1 Å². The fraction of sp³-hybridized carbons (Fsp3) is 0.222. The van der Waals surface area contributed by atoms with E-state index < -0.39 is 0 Å². The molecule has 9 heteroatoms. The fourth-order valence-corrected chi connectivity index (χ4v) is 3.31. The lowest BCUT2D eigenvalue weighted by Crippen LogP contribution is -2.52. The van der Waals surface area contributed by atoms with E-state index in [0.29, 0.717) is 17.9 Å². The molecule has 0 radical (unpaired) electrons. The first-order chi connectivity index (χ1) is 13.1. The summed E-state index contributed by atoms with van der Waals surface area (Å²) in [6.45, 7) is 0.506. The highest BCUT2D eigenvalue weighted by atomic mass is 79.9. The molecule has 3 amide bonds. The van der Waals surface area contributed by atoms with Crippen LogP contribution in [0, 0.1) is 0 Å². The second-order valence-electron chi connectivity index (χ2n) is 6.08. The van der Waals surface area contributed by atoms with E-state index in [0.717, 1.165) is 15.8 Å². The van der Waals surface area contributed by atoms with Gasteiger partial charge in [0.25, 0.3) is 0 Å². The van der Waals surface area contributed by atoms with E-state index in [-0.39, 0.29) is 24.9 Å². The van der Waals surface area contributed by atoms with Crippen molar-refractivity contribution in [3.8, 4) is 5.75 Å². The number of fused-ring (bicyclic) bond motifs is 1. The second kappa shape index (κ2) is 6.99. The number of halogens is 1. The lowest BCUT2D eigenvalue weighted by Gasteiger charge is -2.33. The van der Waals surface area contributed by atoms with Crippen molar-refractivity contribution < 1.29 is 14.3 Å². The molecule has 0 aliphatic carbocycles. The average molecular weight is 430 g/mol. The lowest BCUT2D eigenvalue weighted by molar-refractivity contribution is -0.129. The maximum Gasteiger partial charge on any atom is 0.331 e. The first-order valence-corrected chi connectivity index (χ1v) is 9.10. The van der Waals surface area contributed by atoms with Crippen molar-refractivity contribution in [1.29, 1.82) is 0 Å². The molecular weight excluding hydrogens is 414 g/mol. The molecule has 2 aromatic heterocycles. The summed E-state index contributed by atoms with van der Waals surface area (Å²) in [5.74, 6) is 0.527. The summed E-state index contributed by atoms with van der Waals surface area (Å²) >= 11 is 3.35.